The number of pyridine rings is 1. The fraction of sp³-hybridized carbons (Fsp3) is 0.591. The minimum Gasteiger partial charge on any atom is -0.459 e. The Morgan fingerprint density at radius 3 is 2.58 bits per heavy atom. The van der Waals surface area contributed by atoms with E-state index in [4.69, 9.17) is 4.74 Å². The van der Waals surface area contributed by atoms with Crippen molar-refractivity contribution in [3.63, 3.8) is 0 Å². The number of piperidine rings is 1. The second-order valence-electron chi connectivity index (χ2n) is 8.88. The summed E-state index contributed by atoms with van der Waals surface area (Å²) in [6, 6.07) is 0.911. The highest BCUT2D eigenvalue weighted by Gasteiger charge is 2.38. The predicted molar refractivity (Wildman–Crippen MR) is 116 cm³/mol. The molecule has 2 saturated heterocycles. The Bertz CT molecular complexity index is 1050. The van der Waals surface area contributed by atoms with Crippen molar-refractivity contribution in [3.05, 3.63) is 22.6 Å². The number of nitrogens with zero attached hydrogens (tertiary/aromatic N) is 3. The van der Waals surface area contributed by atoms with Crippen LogP contribution in [0.25, 0.3) is 10.2 Å². The molecule has 0 aliphatic carbocycles. The van der Waals surface area contributed by atoms with Gasteiger partial charge in [0.1, 0.15) is 11.9 Å². The van der Waals surface area contributed by atoms with E-state index in [0.29, 0.717) is 13.1 Å². The van der Waals surface area contributed by atoms with Crippen LogP contribution in [0.5, 0.6) is 0 Å². The fourth-order valence-electron chi connectivity index (χ4n) is 3.98. The van der Waals surface area contributed by atoms with Crippen molar-refractivity contribution in [2.75, 3.05) is 31.1 Å². The number of likely N-dealkylation sites (tertiary alicyclic amines) is 1. The number of hydrogen-bond donors (Lipinski definition) is 0. The second kappa shape index (κ2) is 9.08. The molecular weight excluding hydrogens is 462 g/mol. The van der Waals surface area contributed by atoms with Crippen molar-refractivity contribution < 1.29 is 31.9 Å². The SMILES string of the molecule is CC(C)CC(=O)O[C@H]1CCN(c2cc(C(F)(F)F)c3scc(C(=O)N4CCC4)c3n2)C[C@@H]1F. The Hall–Kier alpha value is -2.43. The maximum atomic E-state index is 14.8. The molecule has 33 heavy (non-hydrogen) atoms. The lowest BCUT2D eigenvalue weighted by molar-refractivity contribution is -0.154. The lowest BCUT2D eigenvalue weighted by Crippen LogP contribution is -2.47. The van der Waals surface area contributed by atoms with Crippen LogP contribution in [0.2, 0.25) is 0 Å². The molecular formula is C22H25F4N3O3S. The van der Waals surface area contributed by atoms with E-state index in [0.717, 1.165) is 23.8 Å². The highest BCUT2D eigenvalue weighted by atomic mass is 32.1. The summed E-state index contributed by atoms with van der Waals surface area (Å²) >= 11 is 0.836. The van der Waals surface area contributed by atoms with E-state index in [2.05, 4.69) is 4.98 Å². The summed E-state index contributed by atoms with van der Waals surface area (Å²) in [5.41, 5.74) is -0.769. The second-order valence-corrected chi connectivity index (χ2v) is 9.76. The van der Waals surface area contributed by atoms with Gasteiger partial charge in [0.05, 0.1) is 27.9 Å². The first-order chi connectivity index (χ1) is 15.5. The molecule has 180 valence electrons. The van der Waals surface area contributed by atoms with Crippen molar-refractivity contribution in [2.45, 2.75) is 51.6 Å². The maximum Gasteiger partial charge on any atom is 0.417 e. The zero-order valence-electron chi connectivity index (χ0n) is 18.3. The topological polar surface area (TPSA) is 62.7 Å². The Balaban J connectivity index is 1.61. The Labute approximate surface area is 192 Å². The van der Waals surface area contributed by atoms with Gasteiger partial charge in [-0.3, -0.25) is 9.59 Å². The van der Waals surface area contributed by atoms with Crippen LogP contribution in [-0.2, 0) is 15.7 Å². The number of fused-ring (bicyclic) bond motifs is 1. The minimum atomic E-state index is -4.66. The number of alkyl halides is 4. The smallest absolute Gasteiger partial charge is 0.417 e. The van der Waals surface area contributed by atoms with Crippen LogP contribution in [0.4, 0.5) is 23.4 Å². The lowest BCUT2D eigenvalue weighted by Gasteiger charge is -2.35. The van der Waals surface area contributed by atoms with Crippen LogP contribution >= 0.6 is 11.3 Å². The number of thiophene rings is 1. The standard InChI is InChI=1S/C22H25F4N3O3S/c1-12(2)8-18(30)32-16-4-7-29(10-15(16)23)17-9-14(22(24,25)26)20-19(27-17)13(11-33-20)21(31)28-5-3-6-28/h9,11-12,15-16H,3-8,10H2,1-2H3/t15-,16-/m0/s1. The van der Waals surface area contributed by atoms with Crippen molar-refractivity contribution in [1.82, 2.24) is 9.88 Å². The Morgan fingerprint density at radius 1 is 1.27 bits per heavy atom. The highest BCUT2D eigenvalue weighted by molar-refractivity contribution is 7.17. The third-order valence-electron chi connectivity index (χ3n) is 5.85. The van der Waals surface area contributed by atoms with Gasteiger partial charge in [0.15, 0.2) is 6.17 Å². The number of amides is 1. The van der Waals surface area contributed by atoms with Gasteiger partial charge in [-0.2, -0.15) is 13.2 Å². The molecule has 2 aliphatic rings. The number of rotatable bonds is 5. The molecule has 6 nitrogen and oxygen atoms in total. The van der Waals surface area contributed by atoms with Crippen LogP contribution in [0.15, 0.2) is 11.4 Å². The molecule has 0 N–H and O–H groups in total. The number of carbonyl (C=O) groups is 2. The molecule has 0 bridgehead atoms. The molecule has 0 aromatic carbocycles. The number of hydrogen-bond acceptors (Lipinski definition) is 6. The van der Waals surface area contributed by atoms with Crippen LogP contribution in [-0.4, -0.2) is 60.2 Å². The van der Waals surface area contributed by atoms with Gasteiger partial charge in [0.2, 0.25) is 0 Å². The molecule has 2 fully saturated rings. The van der Waals surface area contributed by atoms with Gasteiger partial charge in [0, 0.05) is 37.9 Å². The van der Waals surface area contributed by atoms with E-state index in [-0.39, 0.29) is 59.4 Å². The number of esters is 1. The highest BCUT2D eigenvalue weighted by Crippen LogP contribution is 2.41. The van der Waals surface area contributed by atoms with Gasteiger partial charge in [-0.25, -0.2) is 9.37 Å². The first kappa shape index (κ1) is 23.7. The zero-order chi connectivity index (χ0) is 23.9. The van der Waals surface area contributed by atoms with E-state index in [1.54, 1.807) is 4.90 Å². The van der Waals surface area contributed by atoms with Crippen molar-refractivity contribution in [3.8, 4) is 0 Å². The molecule has 1 amide bonds. The van der Waals surface area contributed by atoms with Crippen molar-refractivity contribution >= 4 is 39.2 Å². The normalized spacial score (nSPS) is 21.4. The van der Waals surface area contributed by atoms with Crippen LogP contribution < -0.4 is 4.90 Å². The molecule has 0 radical (unpaired) electrons. The molecule has 11 heteroatoms. The Kier molecular flexibility index (Phi) is 6.52. The molecule has 0 spiro atoms. The fourth-order valence-corrected chi connectivity index (χ4v) is 5.00. The number of halogens is 4. The number of aromatic nitrogens is 1. The van der Waals surface area contributed by atoms with Gasteiger partial charge < -0.3 is 14.5 Å². The monoisotopic (exact) mass is 487 g/mol. The van der Waals surface area contributed by atoms with Gasteiger partial charge in [0.25, 0.3) is 5.91 Å². The van der Waals surface area contributed by atoms with E-state index in [9.17, 15) is 27.2 Å². The predicted octanol–water partition coefficient (Wildman–Crippen LogP) is 4.67. The molecule has 2 aromatic heterocycles. The average molecular weight is 488 g/mol. The summed E-state index contributed by atoms with van der Waals surface area (Å²) in [5, 5.41) is 1.41. The molecule has 2 atom stereocenters. The first-order valence-electron chi connectivity index (χ1n) is 10.9. The third kappa shape index (κ3) is 4.92. The van der Waals surface area contributed by atoms with E-state index >= 15 is 0 Å². The van der Waals surface area contributed by atoms with Gasteiger partial charge in [-0.1, -0.05) is 13.8 Å². The van der Waals surface area contributed by atoms with Gasteiger partial charge >= 0.3 is 12.1 Å². The number of anilines is 1. The van der Waals surface area contributed by atoms with Gasteiger partial charge in [-0.15, -0.1) is 11.3 Å². The summed E-state index contributed by atoms with van der Waals surface area (Å²) in [6.45, 7) is 4.75. The summed E-state index contributed by atoms with van der Waals surface area (Å²) in [7, 11) is 0. The maximum absolute atomic E-state index is 14.8. The quantitative estimate of drug-likeness (QED) is 0.453. The third-order valence-corrected chi connectivity index (χ3v) is 6.85. The number of ether oxygens (including phenoxy) is 1. The van der Waals surface area contributed by atoms with Gasteiger partial charge in [-0.05, 0) is 18.4 Å². The molecule has 0 unspecified atom stereocenters. The summed E-state index contributed by atoms with van der Waals surface area (Å²) < 4.78 is 61.4. The molecule has 0 saturated carbocycles. The van der Waals surface area contributed by atoms with E-state index < -0.39 is 30.0 Å². The van der Waals surface area contributed by atoms with E-state index in [1.807, 2.05) is 13.8 Å². The largest absolute Gasteiger partial charge is 0.459 e. The van der Waals surface area contributed by atoms with Crippen molar-refractivity contribution in [1.29, 1.82) is 0 Å². The number of carbonyl (C=O) groups excluding carboxylic acids is 2. The average Bonchev–Trinajstić information content (AvgIpc) is 3.10. The zero-order valence-corrected chi connectivity index (χ0v) is 19.1. The lowest BCUT2D eigenvalue weighted by atomic mass is 10.0. The minimum absolute atomic E-state index is 0.0115. The Morgan fingerprint density at radius 2 is 2.00 bits per heavy atom. The van der Waals surface area contributed by atoms with E-state index in [1.165, 1.54) is 10.3 Å². The summed E-state index contributed by atoms with van der Waals surface area (Å²) in [6.07, 6.45) is -6.00. The summed E-state index contributed by atoms with van der Waals surface area (Å²) in [5.74, 6) is -0.798. The molecule has 4 heterocycles. The first-order valence-corrected chi connectivity index (χ1v) is 11.8. The van der Waals surface area contributed by atoms with Crippen LogP contribution in [0.1, 0.15) is 49.0 Å². The molecule has 2 aliphatic heterocycles. The van der Waals surface area contributed by atoms with Crippen LogP contribution in [0.3, 0.4) is 0 Å². The van der Waals surface area contributed by atoms with Crippen LogP contribution in [0, 0.1) is 5.92 Å². The van der Waals surface area contributed by atoms with Crippen molar-refractivity contribution in [2.24, 2.45) is 5.92 Å². The molecule has 2 aromatic rings. The summed E-state index contributed by atoms with van der Waals surface area (Å²) in [4.78, 5) is 32.0. The molecule has 4 rings (SSSR count).